The van der Waals surface area contributed by atoms with Crippen LogP contribution in [0.5, 0.6) is 0 Å². The molecule has 0 spiro atoms. The van der Waals surface area contributed by atoms with Gasteiger partial charge in [-0.2, -0.15) is 0 Å². The van der Waals surface area contributed by atoms with Crippen LogP contribution in [0, 0.1) is 0 Å². The van der Waals surface area contributed by atoms with E-state index in [1.807, 2.05) is 30.3 Å². The predicted molar refractivity (Wildman–Crippen MR) is 152 cm³/mol. The van der Waals surface area contributed by atoms with Crippen LogP contribution in [0.2, 0.25) is 0 Å². The Morgan fingerprint density at radius 1 is 0.953 bits per heavy atom. The summed E-state index contributed by atoms with van der Waals surface area (Å²) in [6.45, 7) is -2.03. The first-order valence-corrected chi connectivity index (χ1v) is 14.0. The van der Waals surface area contributed by atoms with Gasteiger partial charge in [-0.25, -0.2) is 4.79 Å². The van der Waals surface area contributed by atoms with Crippen molar-refractivity contribution in [3.63, 3.8) is 0 Å². The SMILES string of the molecule is CN(CC(=O)N1CCCC1C(=O)OC(C(O)CO)C(O)C(O)CO)C(=O)C(Cc1ccccc1)NC(=O)c1ccccc1. The summed E-state index contributed by atoms with van der Waals surface area (Å²) >= 11 is 0. The molecule has 0 bridgehead atoms. The predicted octanol–water partition coefficient (Wildman–Crippen LogP) is -1.54. The van der Waals surface area contributed by atoms with Crippen LogP contribution in [0.4, 0.5) is 0 Å². The molecule has 1 fully saturated rings. The number of rotatable bonds is 14. The highest BCUT2D eigenvalue weighted by atomic mass is 16.6. The highest BCUT2D eigenvalue weighted by Crippen LogP contribution is 2.21. The minimum Gasteiger partial charge on any atom is -0.455 e. The molecule has 0 aromatic heterocycles. The second-order valence-electron chi connectivity index (χ2n) is 10.4. The molecule has 13 heteroatoms. The largest absolute Gasteiger partial charge is 0.455 e. The first-order valence-electron chi connectivity index (χ1n) is 14.0. The van der Waals surface area contributed by atoms with Gasteiger partial charge in [0.1, 0.15) is 30.4 Å². The average Bonchev–Trinajstić information content (AvgIpc) is 3.53. The maximum Gasteiger partial charge on any atom is 0.329 e. The number of hydrogen-bond donors (Lipinski definition) is 6. The summed E-state index contributed by atoms with van der Waals surface area (Å²) in [4.78, 5) is 55.1. The lowest BCUT2D eigenvalue weighted by atomic mass is 10.0. The molecule has 2 aromatic carbocycles. The number of carbonyl (C=O) groups is 4. The Balaban J connectivity index is 1.70. The van der Waals surface area contributed by atoms with Gasteiger partial charge >= 0.3 is 5.97 Å². The maximum absolute atomic E-state index is 13.5. The lowest BCUT2D eigenvalue weighted by Gasteiger charge is -2.32. The lowest BCUT2D eigenvalue weighted by Crippen LogP contribution is -2.54. The smallest absolute Gasteiger partial charge is 0.329 e. The number of carbonyl (C=O) groups excluding carboxylic acids is 4. The Bertz CT molecular complexity index is 1220. The number of esters is 1. The zero-order chi connectivity index (χ0) is 31.5. The molecule has 13 nitrogen and oxygen atoms in total. The Morgan fingerprint density at radius 3 is 2.16 bits per heavy atom. The fourth-order valence-electron chi connectivity index (χ4n) is 4.85. The van der Waals surface area contributed by atoms with Crippen molar-refractivity contribution in [1.29, 1.82) is 0 Å². The van der Waals surface area contributed by atoms with Crippen molar-refractivity contribution in [3.8, 4) is 0 Å². The highest BCUT2D eigenvalue weighted by molar-refractivity contribution is 5.98. The van der Waals surface area contributed by atoms with Crippen LogP contribution in [-0.2, 0) is 25.5 Å². The number of nitrogens with one attached hydrogen (secondary N) is 1. The summed E-state index contributed by atoms with van der Waals surface area (Å²) in [5.41, 5.74) is 1.16. The molecule has 0 radical (unpaired) electrons. The summed E-state index contributed by atoms with van der Waals surface area (Å²) in [5, 5.41) is 51.2. The van der Waals surface area contributed by atoms with Crippen LogP contribution >= 0.6 is 0 Å². The van der Waals surface area contributed by atoms with E-state index in [1.165, 1.54) is 16.8 Å². The van der Waals surface area contributed by atoms with E-state index >= 15 is 0 Å². The average molecular weight is 602 g/mol. The van der Waals surface area contributed by atoms with Crippen LogP contribution < -0.4 is 5.32 Å². The monoisotopic (exact) mass is 601 g/mol. The highest BCUT2D eigenvalue weighted by Gasteiger charge is 2.41. The van der Waals surface area contributed by atoms with Crippen molar-refractivity contribution in [2.75, 3.05) is 33.4 Å². The second-order valence-corrected chi connectivity index (χ2v) is 10.4. The van der Waals surface area contributed by atoms with Gasteiger partial charge in [0, 0.05) is 25.6 Å². The Kier molecular flexibility index (Phi) is 12.6. The molecular formula is C30H39N3O10. The quantitative estimate of drug-likeness (QED) is 0.138. The van der Waals surface area contributed by atoms with Crippen molar-refractivity contribution >= 4 is 23.7 Å². The van der Waals surface area contributed by atoms with Gasteiger partial charge in [-0.3, -0.25) is 14.4 Å². The van der Waals surface area contributed by atoms with Crippen molar-refractivity contribution in [2.24, 2.45) is 0 Å². The van der Waals surface area contributed by atoms with E-state index < -0.39 is 79.9 Å². The van der Waals surface area contributed by atoms with Crippen LogP contribution in [0.15, 0.2) is 60.7 Å². The van der Waals surface area contributed by atoms with Crippen molar-refractivity contribution < 1.29 is 49.4 Å². The van der Waals surface area contributed by atoms with Crippen LogP contribution in [0.25, 0.3) is 0 Å². The number of ether oxygens (including phenoxy) is 1. The number of amides is 3. The minimum atomic E-state index is -1.90. The van der Waals surface area contributed by atoms with Gasteiger partial charge in [0.25, 0.3) is 5.91 Å². The molecule has 234 valence electrons. The first-order chi connectivity index (χ1) is 20.6. The van der Waals surface area contributed by atoms with Gasteiger partial charge in [-0.15, -0.1) is 0 Å². The summed E-state index contributed by atoms with van der Waals surface area (Å²) in [6, 6.07) is 15.4. The van der Waals surface area contributed by atoms with E-state index in [0.717, 1.165) is 5.56 Å². The minimum absolute atomic E-state index is 0.173. The summed E-state index contributed by atoms with van der Waals surface area (Å²) < 4.78 is 5.20. The van der Waals surface area contributed by atoms with Crippen LogP contribution in [-0.4, -0.2) is 129 Å². The molecule has 1 heterocycles. The first kappa shape index (κ1) is 33.6. The van der Waals surface area contributed by atoms with E-state index in [2.05, 4.69) is 5.32 Å². The van der Waals surface area contributed by atoms with E-state index in [4.69, 9.17) is 9.84 Å². The Labute approximate surface area is 249 Å². The number of hydrogen-bond acceptors (Lipinski definition) is 10. The van der Waals surface area contributed by atoms with E-state index in [1.54, 1.807) is 30.3 Å². The standard InChI is InChI=1S/C30H39N3O10/c1-32(29(41)21(15-19-9-4-2-5-10-19)31-28(40)20-11-6-3-7-12-20)16-25(38)33-14-8-13-22(33)30(42)43-27(24(37)18-35)26(39)23(36)17-34/h2-7,9-12,21-24,26-27,34-37,39H,8,13-18H2,1H3,(H,31,40). The molecule has 6 unspecified atom stereocenters. The number of aliphatic hydroxyl groups is 5. The molecule has 1 aliphatic rings. The molecule has 1 saturated heterocycles. The van der Waals surface area contributed by atoms with Gasteiger partial charge in [0.2, 0.25) is 11.8 Å². The van der Waals surface area contributed by atoms with Gasteiger partial charge < -0.3 is 45.4 Å². The molecule has 43 heavy (non-hydrogen) atoms. The normalized spacial score (nSPS) is 18.2. The van der Waals surface area contributed by atoms with E-state index in [-0.39, 0.29) is 19.4 Å². The molecule has 3 amide bonds. The van der Waals surface area contributed by atoms with Gasteiger partial charge in [-0.05, 0) is 30.5 Å². The molecule has 2 aromatic rings. The topological polar surface area (TPSA) is 197 Å². The summed E-state index contributed by atoms with van der Waals surface area (Å²) in [6.07, 6.45) is -6.39. The third-order valence-corrected chi connectivity index (χ3v) is 7.25. The van der Waals surface area contributed by atoms with Crippen molar-refractivity contribution in [1.82, 2.24) is 15.1 Å². The Morgan fingerprint density at radius 2 is 1.56 bits per heavy atom. The number of likely N-dealkylation sites (N-methyl/N-ethyl adjacent to an activating group) is 1. The van der Waals surface area contributed by atoms with Gasteiger partial charge in [-0.1, -0.05) is 48.5 Å². The van der Waals surface area contributed by atoms with Gasteiger partial charge in [0.05, 0.1) is 19.8 Å². The number of aliphatic hydroxyl groups excluding tert-OH is 5. The third kappa shape index (κ3) is 9.05. The molecular weight excluding hydrogens is 562 g/mol. The Hall–Kier alpha value is -3.88. The maximum atomic E-state index is 13.5. The van der Waals surface area contributed by atoms with Gasteiger partial charge in [0.15, 0.2) is 6.10 Å². The zero-order valence-corrected chi connectivity index (χ0v) is 23.9. The van der Waals surface area contributed by atoms with Crippen molar-refractivity contribution in [3.05, 3.63) is 71.8 Å². The fraction of sp³-hybridized carbons (Fsp3) is 0.467. The molecule has 3 rings (SSSR count). The molecule has 0 saturated carbocycles. The second kappa shape index (κ2) is 16.1. The van der Waals surface area contributed by atoms with E-state index in [0.29, 0.717) is 12.0 Å². The lowest BCUT2D eigenvalue weighted by molar-refractivity contribution is -0.182. The number of benzene rings is 2. The number of nitrogens with zero attached hydrogens (tertiary/aromatic N) is 2. The third-order valence-electron chi connectivity index (χ3n) is 7.25. The molecule has 0 aliphatic carbocycles. The summed E-state index contributed by atoms with van der Waals surface area (Å²) in [5.74, 6) is -2.53. The summed E-state index contributed by atoms with van der Waals surface area (Å²) in [7, 11) is 1.41. The molecule has 6 N–H and O–H groups in total. The zero-order valence-electron chi connectivity index (χ0n) is 23.9. The van der Waals surface area contributed by atoms with Crippen molar-refractivity contribution in [2.45, 2.75) is 55.8 Å². The van der Waals surface area contributed by atoms with Crippen LogP contribution in [0.3, 0.4) is 0 Å². The number of likely N-dealkylation sites (tertiary alicyclic amines) is 1. The molecule has 1 aliphatic heterocycles. The fourth-order valence-corrected chi connectivity index (χ4v) is 4.85. The van der Waals surface area contributed by atoms with Crippen LogP contribution in [0.1, 0.15) is 28.8 Å². The molecule has 6 atom stereocenters. The van der Waals surface area contributed by atoms with E-state index in [9.17, 15) is 39.6 Å².